The number of rotatable bonds is 4. The summed E-state index contributed by atoms with van der Waals surface area (Å²) in [5.41, 5.74) is 0. The Morgan fingerprint density at radius 1 is 1.61 bits per heavy atom. The Morgan fingerprint density at radius 2 is 2.44 bits per heavy atom. The summed E-state index contributed by atoms with van der Waals surface area (Å²) < 4.78 is 2.17. The van der Waals surface area contributed by atoms with Crippen molar-refractivity contribution in [1.82, 2.24) is 20.2 Å². The zero-order valence-corrected chi connectivity index (χ0v) is 11.1. The number of carbonyl (C=O) groups excluding carboxylic acids is 1. The first-order chi connectivity index (χ1) is 8.76. The van der Waals surface area contributed by atoms with Crippen molar-refractivity contribution in [3.8, 4) is 0 Å². The summed E-state index contributed by atoms with van der Waals surface area (Å²) in [5, 5.41) is 6.17. The van der Waals surface area contributed by atoms with Crippen molar-refractivity contribution in [3.05, 3.63) is 18.2 Å². The number of likely N-dealkylation sites (N-methyl/N-ethyl adjacent to an activating group) is 1. The van der Waals surface area contributed by atoms with Crippen molar-refractivity contribution in [2.45, 2.75) is 45.2 Å². The van der Waals surface area contributed by atoms with Gasteiger partial charge in [-0.1, -0.05) is 0 Å². The number of aryl methyl sites for hydroxylation is 1. The van der Waals surface area contributed by atoms with Crippen molar-refractivity contribution in [1.29, 1.82) is 0 Å². The maximum absolute atomic E-state index is 11.9. The molecule has 0 saturated carbocycles. The van der Waals surface area contributed by atoms with E-state index in [1.165, 1.54) is 0 Å². The van der Waals surface area contributed by atoms with E-state index in [9.17, 15) is 4.79 Å². The molecule has 1 aromatic rings. The Morgan fingerprint density at radius 3 is 3.17 bits per heavy atom. The summed E-state index contributed by atoms with van der Waals surface area (Å²) in [6.07, 6.45) is 5.75. The molecule has 2 rings (SSSR count). The van der Waals surface area contributed by atoms with Crippen LogP contribution in [0.2, 0.25) is 0 Å². The first kappa shape index (κ1) is 13.1. The SMILES string of the molecule is CCNC(=O)C1CC(c2nccn2CC)CCN1. The largest absolute Gasteiger partial charge is 0.355 e. The highest BCUT2D eigenvalue weighted by Gasteiger charge is 2.29. The van der Waals surface area contributed by atoms with Crippen molar-refractivity contribution in [2.75, 3.05) is 13.1 Å². The van der Waals surface area contributed by atoms with E-state index >= 15 is 0 Å². The number of imidazole rings is 1. The fourth-order valence-corrected chi connectivity index (χ4v) is 2.60. The van der Waals surface area contributed by atoms with Crippen LogP contribution in [0, 0.1) is 0 Å². The van der Waals surface area contributed by atoms with Gasteiger partial charge in [-0.05, 0) is 33.2 Å². The van der Waals surface area contributed by atoms with Crippen molar-refractivity contribution in [3.63, 3.8) is 0 Å². The minimum absolute atomic E-state index is 0.0780. The van der Waals surface area contributed by atoms with Crippen molar-refractivity contribution >= 4 is 5.91 Å². The number of amides is 1. The standard InChI is InChI=1S/C13H22N4O/c1-3-14-13(18)11-9-10(5-6-15-11)12-16-7-8-17(12)4-2/h7-8,10-11,15H,3-6,9H2,1-2H3,(H,14,18). The Labute approximate surface area is 108 Å². The fourth-order valence-electron chi connectivity index (χ4n) is 2.60. The van der Waals surface area contributed by atoms with Crippen LogP contribution in [0.1, 0.15) is 38.4 Å². The summed E-state index contributed by atoms with van der Waals surface area (Å²) in [5.74, 6) is 1.61. The molecular weight excluding hydrogens is 228 g/mol. The highest BCUT2D eigenvalue weighted by atomic mass is 16.2. The van der Waals surface area contributed by atoms with Gasteiger partial charge in [0, 0.05) is 31.4 Å². The number of aromatic nitrogens is 2. The lowest BCUT2D eigenvalue weighted by molar-refractivity contribution is -0.123. The van der Waals surface area contributed by atoms with E-state index in [0.29, 0.717) is 12.5 Å². The topological polar surface area (TPSA) is 59.0 Å². The second-order valence-electron chi connectivity index (χ2n) is 4.69. The van der Waals surface area contributed by atoms with Gasteiger partial charge in [-0.25, -0.2) is 4.98 Å². The van der Waals surface area contributed by atoms with E-state index in [-0.39, 0.29) is 11.9 Å². The number of nitrogens with one attached hydrogen (secondary N) is 2. The quantitative estimate of drug-likeness (QED) is 0.834. The predicted molar refractivity (Wildman–Crippen MR) is 70.4 cm³/mol. The minimum Gasteiger partial charge on any atom is -0.355 e. The molecule has 1 aliphatic rings. The molecule has 0 spiro atoms. The molecule has 1 aromatic heterocycles. The molecule has 18 heavy (non-hydrogen) atoms. The lowest BCUT2D eigenvalue weighted by atomic mass is 9.91. The molecule has 1 saturated heterocycles. The molecule has 2 heterocycles. The minimum atomic E-state index is -0.0780. The normalized spacial score (nSPS) is 23.9. The molecule has 5 nitrogen and oxygen atoms in total. The van der Waals surface area contributed by atoms with E-state index in [4.69, 9.17) is 0 Å². The van der Waals surface area contributed by atoms with Crippen molar-refractivity contribution in [2.24, 2.45) is 0 Å². The van der Waals surface area contributed by atoms with Crippen LogP contribution in [0.15, 0.2) is 12.4 Å². The van der Waals surface area contributed by atoms with Gasteiger partial charge in [0.15, 0.2) is 0 Å². The zero-order chi connectivity index (χ0) is 13.0. The molecule has 0 aliphatic carbocycles. The number of hydrogen-bond acceptors (Lipinski definition) is 3. The first-order valence-corrected chi connectivity index (χ1v) is 6.78. The summed E-state index contributed by atoms with van der Waals surface area (Å²) in [6, 6.07) is -0.0780. The third-order valence-corrected chi connectivity index (χ3v) is 3.52. The van der Waals surface area contributed by atoms with Gasteiger partial charge in [0.05, 0.1) is 6.04 Å². The summed E-state index contributed by atoms with van der Waals surface area (Å²) in [7, 11) is 0. The van der Waals surface area contributed by atoms with Gasteiger partial charge in [-0.2, -0.15) is 0 Å². The molecule has 0 radical (unpaired) electrons. The van der Waals surface area contributed by atoms with E-state index in [1.807, 2.05) is 19.3 Å². The Kier molecular flexibility index (Phi) is 4.36. The predicted octanol–water partition coefficient (Wildman–Crippen LogP) is 0.875. The molecule has 2 unspecified atom stereocenters. The molecular formula is C13H22N4O. The van der Waals surface area contributed by atoms with Gasteiger partial charge in [0.2, 0.25) is 5.91 Å². The highest BCUT2D eigenvalue weighted by Crippen LogP contribution is 2.26. The van der Waals surface area contributed by atoms with Gasteiger partial charge >= 0.3 is 0 Å². The number of carbonyl (C=O) groups is 1. The third-order valence-electron chi connectivity index (χ3n) is 3.52. The van der Waals surface area contributed by atoms with Crippen molar-refractivity contribution < 1.29 is 4.79 Å². The van der Waals surface area contributed by atoms with Gasteiger partial charge in [-0.3, -0.25) is 4.79 Å². The average molecular weight is 250 g/mol. The molecule has 100 valence electrons. The van der Waals surface area contributed by atoms with Gasteiger partial charge < -0.3 is 15.2 Å². The van der Waals surface area contributed by atoms with Crippen LogP contribution in [-0.4, -0.2) is 34.6 Å². The summed E-state index contributed by atoms with van der Waals surface area (Å²) in [4.78, 5) is 16.3. The second kappa shape index (κ2) is 6.00. The fraction of sp³-hybridized carbons (Fsp3) is 0.692. The van der Waals surface area contributed by atoms with Crippen LogP contribution >= 0.6 is 0 Å². The van der Waals surface area contributed by atoms with Gasteiger partial charge in [0.1, 0.15) is 5.82 Å². The van der Waals surface area contributed by atoms with Crippen LogP contribution in [0.25, 0.3) is 0 Å². The number of piperidine rings is 1. The number of nitrogens with zero attached hydrogens (tertiary/aromatic N) is 2. The lowest BCUT2D eigenvalue weighted by Gasteiger charge is -2.29. The van der Waals surface area contributed by atoms with Crippen LogP contribution < -0.4 is 10.6 Å². The highest BCUT2D eigenvalue weighted by molar-refractivity contribution is 5.81. The summed E-state index contributed by atoms with van der Waals surface area (Å²) in [6.45, 7) is 6.56. The smallest absolute Gasteiger partial charge is 0.237 e. The Balaban J connectivity index is 2.04. The maximum Gasteiger partial charge on any atom is 0.237 e. The second-order valence-corrected chi connectivity index (χ2v) is 4.69. The molecule has 1 amide bonds. The van der Waals surface area contributed by atoms with E-state index in [0.717, 1.165) is 31.8 Å². The van der Waals surface area contributed by atoms with Crippen LogP contribution in [0.5, 0.6) is 0 Å². The first-order valence-electron chi connectivity index (χ1n) is 6.78. The Bertz CT molecular complexity index is 401. The number of hydrogen-bond donors (Lipinski definition) is 2. The van der Waals surface area contributed by atoms with Crippen LogP contribution in [-0.2, 0) is 11.3 Å². The van der Waals surface area contributed by atoms with Gasteiger partial charge in [-0.15, -0.1) is 0 Å². The molecule has 1 aliphatic heterocycles. The average Bonchev–Trinajstić information content (AvgIpc) is 2.87. The summed E-state index contributed by atoms with van der Waals surface area (Å²) >= 11 is 0. The van der Waals surface area contributed by atoms with Crippen LogP contribution in [0.4, 0.5) is 0 Å². The zero-order valence-electron chi connectivity index (χ0n) is 11.1. The maximum atomic E-state index is 11.9. The van der Waals surface area contributed by atoms with E-state index < -0.39 is 0 Å². The molecule has 5 heteroatoms. The van der Waals surface area contributed by atoms with E-state index in [2.05, 4.69) is 27.1 Å². The Hall–Kier alpha value is -1.36. The van der Waals surface area contributed by atoms with Crippen LogP contribution in [0.3, 0.4) is 0 Å². The molecule has 2 N–H and O–H groups in total. The molecule has 1 fully saturated rings. The molecule has 0 aromatic carbocycles. The monoisotopic (exact) mass is 250 g/mol. The lowest BCUT2D eigenvalue weighted by Crippen LogP contribution is -2.48. The molecule has 2 atom stereocenters. The van der Waals surface area contributed by atoms with E-state index in [1.54, 1.807) is 0 Å². The molecule has 0 bridgehead atoms. The third kappa shape index (κ3) is 2.72. The van der Waals surface area contributed by atoms with Gasteiger partial charge in [0.25, 0.3) is 0 Å².